The van der Waals surface area contributed by atoms with Crippen LogP contribution < -0.4 is 10.1 Å². The van der Waals surface area contributed by atoms with Gasteiger partial charge in [-0.2, -0.15) is 0 Å². The molecule has 5 aromatic rings. The van der Waals surface area contributed by atoms with Gasteiger partial charge in [0.15, 0.2) is 0 Å². The average molecular weight is 411 g/mol. The second-order valence-electron chi connectivity index (χ2n) is 7.35. The Morgan fingerprint density at radius 1 is 1.10 bits per heavy atom. The molecule has 2 aromatic carbocycles. The van der Waals surface area contributed by atoms with Gasteiger partial charge in [0.1, 0.15) is 23.8 Å². The number of imidazole rings is 2. The highest BCUT2D eigenvalue weighted by Gasteiger charge is 2.15. The van der Waals surface area contributed by atoms with Gasteiger partial charge in [0.25, 0.3) is 5.91 Å². The number of fused-ring (bicyclic) bond motifs is 2. The van der Waals surface area contributed by atoms with Gasteiger partial charge in [0.05, 0.1) is 22.8 Å². The number of carbonyl (C=O) groups excluding carboxylic acids is 1. The Morgan fingerprint density at radius 3 is 2.84 bits per heavy atom. The molecule has 154 valence electrons. The number of ether oxygens (including phenoxy) is 1. The number of rotatable bonds is 6. The van der Waals surface area contributed by atoms with Crippen molar-refractivity contribution in [2.24, 2.45) is 0 Å². The smallest absolute Gasteiger partial charge is 0.251 e. The van der Waals surface area contributed by atoms with Gasteiger partial charge in [-0.3, -0.25) is 4.79 Å². The number of carbonyl (C=O) groups is 1. The number of nitrogens with one attached hydrogen (secondary N) is 2. The molecule has 0 aliphatic carbocycles. The van der Waals surface area contributed by atoms with Crippen molar-refractivity contribution in [3.8, 4) is 5.75 Å². The van der Waals surface area contributed by atoms with Crippen molar-refractivity contribution in [3.63, 3.8) is 0 Å². The van der Waals surface area contributed by atoms with E-state index in [4.69, 9.17) is 4.74 Å². The van der Waals surface area contributed by atoms with Crippen LogP contribution in [0.1, 0.15) is 34.8 Å². The first-order valence-electron chi connectivity index (χ1n) is 10.1. The van der Waals surface area contributed by atoms with E-state index in [1.165, 1.54) is 0 Å². The summed E-state index contributed by atoms with van der Waals surface area (Å²) in [5.74, 6) is 1.14. The summed E-state index contributed by atoms with van der Waals surface area (Å²) in [5.41, 5.74) is 4.03. The molecule has 0 saturated heterocycles. The van der Waals surface area contributed by atoms with E-state index < -0.39 is 0 Å². The molecule has 7 nitrogen and oxygen atoms in total. The molecule has 0 spiro atoms. The molecule has 1 amide bonds. The zero-order chi connectivity index (χ0) is 21.2. The van der Waals surface area contributed by atoms with Crippen molar-refractivity contribution in [2.45, 2.75) is 19.6 Å². The van der Waals surface area contributed by atoms with Crippen molar-refractivity contribution >= 4 is 22.6 Å². The molecule has 3 aromatic heterocycles. The van der Waals surface area contributed by atoms with Gasteiger partial charge in [-0.05, 0) is 49.4 Å². The first-order valence-corrected chi connectivity index (χ1v) is 10.1. The molecule has 1 unspecified atom stereocenters. The van der Waals surface area contributed by atoms with Crippen molar-refractivity contribution < 1.29 is 9.53 Å². The molecule has 0 fully saturated rings. The average Bonchev–Trinajstić information content (AvgIpc) is 3.41. The number of amides is 1. The predicted octanol–water partition coefficient (Wildman–Crippen LogP) is 4.28. The minimum atomic E-state index is -0.262. The monoisotopic (exact) mass is 411 g/mol. The van der Waals surface area contributed by atoms with E-state index in [1.807, 2.05) is 72.2 Å². The highest BCUT2D eigenvalue weighted by molar-refractivity contribution is 5.94. The Kier molecular flexibility index (Phi) is 4.84. The molecule has 3 heterocycles. The molecule has 31 heavy (non-hydrogen) atoms. The van der Waals surface area contributed by atoms with Crippen LogP contribution in [0, 0.1) is 0 Å². The molecule has 1 atom stereocenters. The molecule has 5 rings (SSSR count). The number of hydrogen-bond acceptors (Lipinski definition) is 4. The number of benzene rings is 2. The summed E-state index contributed by atoms with van der Waals surface area (Å²) < 4.78 is 7.81. The zero-order valence-corrected chi connectivity index (χ0v) is 16.9. The Labute approximate surface area is 178 Å². The van der Waals surface area contributed by atoms with Crippen LogP contribution in [-0.4, -0.2) is 25.3 Å². The van der Waals surface area contributed by atoms with E-state index in [0.717, 1.165) is 22.4 Å². The second-order valence-corrected chi connectivity index (χ2v) is 7.35. The maximum Gasteiger partial charge on any atom is 0.251 e. The van der Waals surface area contributed by atoms with Crippen molar-refractivity contribution in [3.05, 3.63) is 96.2 Å². The van der Waals surface area contributed by atoms with Gasteiger partial charge in [0.2, 0.25) is 0 Å². The van der Waals surface area contributed by atoms with Crippen LogP contribution in [0.4, 0.5) is 0 Å². The minimum Gasteiger partial charge on any atom is -0.487 e. The molecule has 0 saturated carbocycles. The summed E-state index contributed by atoms with van der Waals surface area (Å²) in [7, 11) is 0. The minimum absolute atomic E-state index is 0.189. The normalized spacial score (nSPS) is 12.2. The van der Waals surface area contributed by atoms with Crippen LogP contribution in [0.15, 0.2) is 79.1 Å². The van der Waals surface area contributed by atoms with Gasteiger partial charge in [0, 0.05) is 18.0 Å². The highest BCUT2D eigenvalue weighted by atomic mass is 16.5. The van der Waals surface area contributed by atoms with E-state index >= 15 is 0 Å². The fraction of sp³-hybridized carbons (Fsp3) is 0.125. The third-order valence-corrected chi connectivity index (χ3v) is 5.06. The number of aromatic nitrogens is 4. The van der Waals surface area contributed by atoms with E-state index in [-0.39, 0.29) is 11.9 Å². The lowest BCUT2D eigenvalue weighted by Gasteiger charge is -2.12. The molecule has 2 N–H and O–H groups in total. The number of nitrogens with zero attached hydrogens (tertiary/aromatic N) is 3. The van der Waals surface area contributed by atoms with Crippen LogP contribution in [0.5, 0.6) is 5.75 Å². The van der Waals surface area contributed by atoms with Crippen LogP contribution in [0.3, 0.4) is 0 Å². The molecule has 0 bridgehead atoms. The number of aromatic amines is 1. The molecular weight excluding hydrogens is 390 g/mol. The van der Waals surface area contributed by atoms with Crippen LogP contribution >= 0.6 is 0 Å². The number of para-hydroxylation sites is 2. The van der Waals surface area contributed by atoms with Crippen molar-refractivity contribution in [2.75, 3.05) is 0 Å². The number of H-pyrrole nitrogens is 1. The number of pyridine rings is 1. The van der Waals surface area contributed by atoms with Gasteiger partial charge in [-0.1, -0.05) is 24.3 Å². The Bertz CT molecular complexity index is 1300. The Balaban J connectivity index is 1.25. The van der Waals surface area contributed by atoms with Gasteiger partial charge < -0.3 is 19.4 Å². The maximum atomic E-state index is 12.8. The molecule has 7 heteroatoms. The third-order valence-electron chi connectivity index (χ3n) is 5.06. The van der Waals surface area contributed by atoms with Crippen molar-refractivity contribution in [1.29, 1.82) is 0 Å². The second kappa shape index (κ2) is 7.95. The molecule has 0 aliphatic rings. The summed E-state index contributed by atoms with van der Waals surface area (Å²) in [6.07, 6.45) is 3.88. The topological polar surface area (TPSA) is 84.3 Å². The SMILES string of the molecule is CC(NC(=O)c1cccc(OCc2cn3ccccc3n2)c1)c1nc2ccccc2[nH]1. The van der Waals surface area contributed by atoms with E-state index in [2.05, 4.69) is 20.3 Å². The Hall–Kier alpha value is -4.13. The summed E-state index contributed by atoms with van der Waals surface area (Å²) in [5, 5.41) is 2.99. The fourth-order valence-corrected chi connectivity index (χ4v) is 3.47. The van der Waals surface area contributed by atoms with Gasteiger partial charge in [-0.15, -0.1) is 0 Å². The van der Waals surface area contributed by atoms with Crippen LogP contribution in [0.25, 0.3) is 16.7 Å². The summed E-state index contributed by atoms with van der Waals surface area (Å²) in [4.78, 5) is 25.1. The largest absolute Gasteiger partial charge is 0.487 e. The predicted molar refractivity (Wildman–Crippen MR) is 118 cm³/mol. The Morgan fingerprint density at radius 2 is 1.97 bits per heavy atom. The quantitative estimate of drug-likeness (QED) is 0.437. The van der Waals surface area contributed by atoms with E-state index in [9.17, 15) is 4.79 Å². The molecular formula is C24H21N5O2. The summed E-state index contributed by atoms with van der Waals surface area (Å²) >= 11 is 0. The summed E-state index contributed by atoms with van der Waals surface area (Å²) in [6, 6.07) is 20.5. The van der Waals surface area contributed by atoms with Gasteiger partial charge in [-0.25, -0.2) is 9.97 Å². The summed E-state index contributed by atoms with van der Waals surface area (Å²) in [6.45, 7) is 2.22. The van der Waals surface area contributed by atoms with Crippen LogP contribution in [0.2, 0.25) is 0 Å². The molecule has 0 aliphatic heterocycles. The van der Waals surface area contributed by atoms with Crippen LogP contribution in [-0.2, 0) is 6.61 Å². The lowest BCUT2D eigenvalue weighted by Crippen LogP contribution is -2.27. The van der Waals surface area contributed by atoms with E-state index in [0.29, 0.717) is 23.7 Å². The van der Waals surface area contributed by atoms with Gasteiger partial charge >= 0.3 is 0 Å². The standard InChI is InChI=1S/C24H21N5O2/c1-16(23-27-20-9-2-3-10-21(20)28-23)25-24(30)17-7-6-8-19(13-17)31-15-18-14-29-12-5-4-11-22(29)26-18/h2-14,16H,15H2,1H3,(H,25,30)(H,27,28). The first-order chi connectivity index (χ1) is 15.2. The molecule has 0 radical (unpaired) electrons. The highest BCUT2D eigenvalue weighted by Crippen LogP contribution is 2.18. The lowest BCUT2D eigenvalue weighted by molar-refractivity contribution is 0.0938. The van der Waals surface area contributed by atoms with E-state index in [1.54, 1.807) is 18.2 Å². The first kappa shape index (κ1) is 18.9. The lowest BCUT2D eigenvalue weighted by atomic mass is 10.2. The fourth-order valence-electron chi connectivity index (χ4n) is 3.47. The zero-order valence-electron chi connectivity index (χ0n) is 16.9. The number of hydrogen-bond donors (Lipinski definition) is 2. The maximum absolute atomic E-state index is 12.8. The van der Waals surface area contributed by atoms with Crippen molar-refractivity contribution in [1.82, 2.24) is 24.7 Å². The third kappa shape index (κ3) is 3.98.